The quantitative estimate of drug-likeness (QED) is 0.761. The molecule has 2 rings (SSSR count). The Morgan fingerprint density at radius 2 is 2.10 bits per heavy atom. The van der Waals surface area contributed by atoms with E-state index in [9.17, 15) is 0 Å². The molecule has 0 saturated carbocycles. The summed E-state index contributed by atoms with van der Waals surface area (Å²) in [5.74, 6) is 1.32. The second-order valence-electron chi connectivity index (χ2n) is 5.12. The van der Waals surface area contributed by atoms with E-state index >= 15 is 0 Å². The molecule has 1 N–H and O–H groups in total. The lowest BCUT2D eigenvalue weighted by Crippen LogP contribution is -2.25. The highest BCUT2D eigenvalue weighted by molar-refractivity contribution is 6.31. The van der Waals surface area contributed by atoms with Crippen molar-refractivity contribution in [2.75, 3.05) is 13.1 Å². The fourth-order valence-corrected chi connectivity index (χ4v) is 2.77. The van der Waals surface area contributed by atoms with Crippen molar-refractivity contribution in [2.24, 2.45) is 0 Å². The Morgan fingerprint density at radius 3 is 2.81 bits per heavy atom. The highest BCUT2D eigenvalue weighted by Crippen LogP contribution is 2.26. The molecule has 5 heteroatoms. The smallest absolute Gasteiger partial charge is 0.138 e. The van der Waals surface area contributed by atoms with Crippen molar-refractivity contribution in [2.45, 2.75) is 39.2 Å². The summed E-state index contributed by atoms with van der Waals surface area (Å²) in [7, 11) is 0. The van der Waals surface area contributed by atoms with Crippen molar-refractivity contribution in [3.63, 3.8) is 0 Å². The number of aromatic nitrogens is 3. The molecule has 0 aliphatic rings. The third-order valence-electron chi connectivity index (χ3n) is 3.59. The predicted molar refractivity (Wildman–Crippen MR) is 86.8 cm³/mol. The van der Waals surface area contributed by atoms with Crippen molar-refractivity contribution in [1.29, 1.82) is 0 Å². The molecule has 1 unspecified atom stereocenters. The lowest BCUT2D eigenvalue weighted by molar-refractivity contribution is 0.536. The van der Waals surface area contributed by atoms with Crippen molar-refractivity contribution in [3.8, 4) is 0 Å². The lowest BCUT2D eigenvalue weighted by Gasteiger charge is -2.19. The van der Waals surface area contributed by atoms with Crippen molar-refractivity contribution >= 4 is 11.6 Å². The van der Waals surface area contributed by atoms with Crippen LogP contribution in [-0.2, 0) is 13.0 Å². The summed E-state index contributed by atoms with van der Waals surface area (Å²) in [6.45, 7) is 7.01. The average molecular weight is 307 g/mol. The van der Waals surface area contributed by atoms with Gasteiger partial charge in [0.25, 0.3) is 0 Å². The van der Waals surface area contributed by atoms with Crippen molar-refractivity contribution < 1.29 is 0 Å². The molecule has 0 radical (unpaired) electrons. The van der Waals surface area contributed by atoms with Crippen LogP contribution >= 0.6 is 11.6 Å². The molecule has 0 saturated heterocycles. The minimum Gasteiger partial charge on any atom is -0.316 e. The summed E-state index contributed by atoms with van der Waals surface area (Å²) in [5, 5.41) is 8.57. The molecular weight excluding hydrogens is 284 g/mol. The SMILES string of the molecule is CCCNCC(Cc1ncnn1CC)c1ccccc1Cl. The summed E-state index contributed by atoms with van der Waals surface area (Å²) in [4.78, 5) is 4.39. The Kier molecular flexibility index (Phi) is 6.21. The molecule has 114 valence electrons. The van der Waals surface area contributed by atoms with Gasteiger partial charge in [-0.25, -0.2) is 4.98 Å². The van der Waals surface area contributed by atoms with Crippen LogP contribution in [0, 0.1) is 0 Å². The van der Waals surface area contributed by atoms with Gasteiger partial charge in [-0.3, -0.25) is 4.68 Å². The minimum absolute atomic E-state index is 0.305. The molecule has 0 bridgehead atoms. The van der Waals surface area contributed by atoms with Crippen LogP contribution in [0.1, 0.15) is 37.6 Å². The Bertz CT molecular complexity index is 553. The van der Waals surface area contributed by atoms with Gasteiger partial charge < -0.3 is 5.32 Å². The van der Waals surface area contributed by atoms with Crippen LogP contribution in [0.2, 0.25) is 5.02 Å². The number of rotatable bonds is 8. The van der Waals surface area contributed by atoms with Gasteiger partial charge in [0.15, 0.2) is 0 Å². The molecule has 4 nitrogen and oxygen atoms in total. The molecule has 0 fully saturated rings. The summed E-state index contributed by atoms with van der Waals surface area (Å²) in [6, 6.07) is 8.07. The second-order valence-corrected chi connectivity index (χ2v) is 5.53. The highest BCUT2D eigenvalue weighted by atomic mass is 35.5. The number of benzene rings is 1. The molecule has 1 heterocycles. The highest BCUT2D eigenvalue weighted by Gasteiger charge is 2.17. The van der Waals surface area contributed by atoms with Crippen LogP contribution in [0.25, 0.3) is 0 Å². The van der Waals surface area contributed by atoms with Crippen molar-refractivity contribution in [3.05, 3.63) is 47.0 Å². The molecule has 1 aromatic carbocycles. The van der Waals surface area contributed by atoms with E-state index in [1.165, 1.54) is 5.56 Å². The zero-order valence-electron chi connectivity index (χ0n) is 12.7. The van der Waals surface area contributed by atoms with Gasteiger partial charge in [0.2, 0.25) is 0 Å². The Morgan fingerprint density at radius 1 is 1.29 bits per heavy atom. The van der Waals surface area contributed by atoms with Gasteiger partial charge in [0, 0.05) is 30.5 Å². The summed E-state index contributed by atoms with van der Waals surface area (Å²) in [6.07, 6.45) is 3.59. The fraction of sp³-hybridized carbons (Fsp3) is 0.500. The number of aryl methyl sites for hydroxylation is 1. The molecule has 0 spiro atoms. The van der Waals surface area contributed by atoms with Crippen LogP contribution in [0.4, 0.5) is 0 Å². The molecule has 2 aromatic rings. The predicted octanol–water partition coefficient (Wildman–Crippen LogP) is 3.28. The van der Waals surface area contributed by atoms with E-state index in [4.69, 9.17) is 11.6 Å². The number of hydrogen-bond donors (Lipinski definition) is 1. The summed E-state index contributed by atoms with van der Waals surface area (Å²) >= 11 is 6.38. The molecule has 21 heavy (non-hydrogen) atoms. The first kappa shape index (κ1) is 16.0. The maximum Gasteiger partial charge on any atom is 0.138 e. The van der Waals surface area contributed by atoms with Crippen LogP contribution < -0.4 is 5.32 Å². The normalized spacial score (nSPS) is 12.5. The molecule has 0 amide bonds. The van der Waals surface area contributed by atoms with E-state index in [-0.39, 0.29) is 0 Å². The minimum atomic E-state index is 0.305. The molecule has 1 aromatic heterocycles. The van der Waals surface area contributed by atoms with E-state index < -0.39 is 0 Å². The Hall–Kier alpha value is -1.39. The number of hydrogen-bond acceptors (Lipinski definition) is 3. The van der Waals surface area contributed by atoms with Crippen LogP contribution in [0.3, 0.4) is 0 Å². The van der Waals surface area contributed by atoms with E-state index in [2.05, 4.69) is 35.3 Å². The van der Waals surface area contributed by atoms with Crippen LogP contribution in [0.5, 0.6) is 0 Å². The lowest BCUT2D eigenvalue weighted by atomic mass is 9.95. The van der Waals surface area contributed by atoms with E-state index in [0.717, 1.165) is 43.3 Å². The Labute approximate surface area is 131 Å². The van der Waals surface area contributed by atoms with Gasteiger partial charge in [-0.2, -0.15) is 5.10 Å². The third kappa shape index (κ3) is 4.29. The first-order chi connectivity index (χ1) is 10.3. The third-order valence-corrected chi connectivity index (χ3v) is 3.93. The topological polar surface area (TPSA) is 42.7 Å². The molecule has 1 atom stereocenters. The zero-order valence-corrected chi connectivity index (χ0v) is 13.5. The van der Waals surface area contributed by atoms with Gasteiger partial charge in [0.1, 0.15) is 12.2 Å². The van der Waals surface area contributed by atoms with Gasteiger partial charge in [-0.1, -0.05) is 36.7 Å². The molecule has 0 aliphatic carbocycles. The Balaban J connectivity index is 2.18. The first-order valence-corrected chi connectivity index (χ1v) is 7.95. The molecular formula is C16H23ClN4. The summed E-state index contributed by atoms with van der Waals surface area (Å²) < 4.78 is 1.95. The van der Waals surface area contributed by atoms with E-state index in [1.54, 1.807) is 6.33 Å². The first-order valence-electron chi connectivity index (χ1n) is 7.58. The largest absolute Gasteiger partial charge is 0.316 e. The van der Waals surface area contributed by atoms with Crippen LogP contribution in [0.15, 0.2) is 30.6 Å². The second kappa shape index (κ2) is 8.15. The average Bonchev–Trinajstić information content (AvgIpc) is 2.94. The molecule has 0 aliphatic heterocycles. The number of halogens is 1. The number of nitrogens with zero attached hydrogens (tertiary/aromatic N) is 3. The van der Waals surface area contributed by atoms with Gasteiger partial charge in [-0.15, -0.1) is 0 Å². The maximum atomic E-state index is 6.38. The standard InChI is InChI=1S/C16H23ClN4/c1-3-9-18-11-13(14-7-5-6-8-15(14)17)10-16-19-12-20-21(16)4-2/h5-8,12-13,18H,3-4,9-11H2,1-2H3. The van der Waals surface area contributed by atoms with Crippen molar-refractivity contribution in [1.82, 2.24) is 20.1 Å². The van der Waals surface area contributed by atoms with E-state index in [0.29, 0.717) is 5.92 Å². The van der Waals surface area contributed by atoms with Gasteiger partial charge >= 0.3 is 0 Å². The summed E-state index contributed by atoms with van der Waals surface area (Å²) in [5.41, 5.74) is 1.17. The monoisotopic (exact) mass is 306 g/mol. The van der Waals surface area contributed by atoms with Crippen LogP contribution in [-0.4, -0.2) is 27.9 Å². The van der Waals surface area contributed by atoms with E-state index in [1.807, 2.05) is 22.9 Å². The fourth-order valence-electron chi connectivity index (χ4n) is 2.48. The maximum absolute atomic E-state index is 6.38. The zero-order chi connectivity index (χ0) is 15.1. The van der Waals surface area contributed by atoms with Gasteiger partial charge in [0.05, 0.1) is 0 Å². The van der Waals surface area contributed by atoms with Gasteiger partial charge in [-0.05, 0) is 31.5 Å². The number of nitrogens with one attached hydrogen (secondary N) is 1.